The van der Waals surface area contributed by atoms with Crippen molar-refractivity contribution in [3.8, 4) is 0 Å². The summed E-state index contributed by atoms with van der Waals surface area (Å²) < 4.78 is 5.26. The fourth-order valence-corrected chi connectivity index (χ4v) is 1.55. The van der Waals surface area contributed by atoms with E-state index in [0.717, 1.165) is 18.9 Å². The maximum atomic E-state index is 9.55. The highest BCUT2D eigenvalue weighted by molar-refractivity contribution is 5.25. The van der Waals surface area contributed by atoms with Gasteiger partial charge in [-0.2, -0.15) is 0 Å². The summed E-state index contributed by atoms with van der Waals surface area (Å²) in [6.45, 7) is 8.92. The van der Waals surface area contributed by atoms with Gasteiger partial charge < -0.3 is 14.9 Å². The van der Waals surface area contributed by atoms with Crippen LogP contribution in [0.15, 0.2) is 25.3 Å². The van der Waals surface area contributed by atoms with Crippen molar-refractivity contribution in [2.24, 2.45) is 0 Å². The monoisotopic (exact) mass is 184 g/mol. The number of rotatable bonds is 5. The minimum absolute atomic E-state index is 0.150. The summed E-state index contributed by atoms with van der Waals surface area (Å²) >= 11 is 0. The lowest BCUT2D eigenvalue weighted by Crippen LogP contribution is -2.43. The van der Waals surface area contributed by atoms with Crippen molar-refractivity contribution in [2.75, 3.05) is 0 Å². The molecule has 3 nitrogen and oxygen atoms in total. The molecular weight excluding hydrogens is 168 g/mol. The second kappa shape index (κ2) is 3.25. The van der Waals surface area contributed by atoms with Gasteiger partial charge in [0.2, 0.25) is 5.79 Å². The van der Waals surface area contributed by atoms with Gasteiger partial charge in [0.25, 0.3) is 0 Å². The van der Waals surface area contributed by atoms with Crippen LogP contribution in [0, 0.1) is 0 Å². The maximum Gasteiger partial charge on any atom is 0.219 e. The molecule has 0 radical (unpaired) electrons. The molecule has 1 aliphatic heterocycles. The lowest BCUT2D eigenvalue weighted by molar-refractivity contribution is -0.155. The van der Waals surface area contributed by atoms with Crippen LogP contribution in [0.5, 0.6) is 0 Å². The van der Waals surface area contributed by atoms with Gasteiger partial charge in [-0.25, -0.2) is 0 Å². The molecule has 2 atom stereocenters. The minimum Gasteiger partial charge on any atom is -0.360 e. The predicted octanol–water partition coefficient (Wildman–Crippen LogP) is 0.977. The third kappa shape index (κ3) is 1.43. The molecule has 2 N–H and O–H groups in total. The SMILES string of the molecule is C=CC(O)(O)C1(C=C)OC1CCC. The Balaban J connectivity index is 2.76. The van der Waals surface area contributed by atoms with Crippen molar-refractivity contribution in [1.29, 1.82) is 0 Å². The smallest absolute Gasteiger partial charge is 0.219 e. The molecule has 1 saturated heterocycles. The lowest BCUT2D eigenvalue weighted by Gasteiger charge is -2.22. The molecule has 1 rings (SSSR count). The van der Waals surface area contributed by atoms with Gasteiger partial charge in [-0.15, -0.1) is 0 Å². The Bertz CT molecular complexity index is 222. The van der Waals surface area contributed by atoms with Crippen LogP contribution in [0.2, 0.25) is 0 Å². The van der Waals surface area contributed by atoms with Crippen molar-refractivity contribution < 1.29 is 14.9 Å². The van der Waals surface area contributed by atoms with E-state index in [-0.39, 0.29) is 6.10 Å². The van der Waals surface area contributed by atoms with E-state index >= 15 is 0 Å². The van der Waals surface area contributed by atoms with Crippen LogP contribution >= 0.6 is 0 Å². The average Bonchev–Trinajstić information content (AvgIpc) is 2.81. The fraction of sp³-hybridized carbons (Fsp3) is 0.600. The van der Waals surface area contributed by atoms with E-state index in [0.29, 0.717) is 0 Å². The number of epoxide rings is 1. The second-order valence-electron chi connectivity index (χ2n) is 3.32. The molecule has 0 aromatic rings. The molecule has 1 aliphatic rings. The zero-order valence-corrected chi connectivity index (χ0v) is 7.86. The summed E-state index contributed by atoms with van der Waals surface area (Å²) in [6.07, 6.45) is 4.10. The molecular formula is C10H16O3. The molecule has 0 amide bonds. The molecule has 0 aromatic heterocycles. The van der Waals surface area contributed by atoms with Crippen molar-refractivity contribution in [1.82, 2.24) is 0 Å². The number of hydrogen-bond donors (Lipinski definition) is 2. The highest BCUT2D eigenvalue weighted by atomic mass is 16.7. The zero-order chi connectivity index (χ0) is 10.1. The normalized spacial score (nSPS) is 32.7. The molecule has 0 aliphatic carbocycles. The van der Waals surface area contributed by atoms with E-state index < -0.39 is 11.4 Å². The fourth-order valence-electron chi connectivity index (χ4n) is 1.55. The summed E-state index contributed by atoms with van der Waals surface area (Å²) in [4.78, 5) is 0. The van der Waals surface area contributed by atoms with Gasteiger partial charge in [0.15, 0.2) is 5.60 Å². The van der Waals surface area contributed by atoms with Crippen molar-refractivity contribution in [3.05, 3.63) is 25.3 Å². The quantitative estimate of drug-likeness (QED) is 0.380. The van der Waals surface area contributed by atoms with Crippen LogP contribution in [0.25, 0.3) is 0 Å². The van der Waals surface area contributed by atoms with Gasteiger partial charge in [0, 0.05) is 0 Å². The van der Waals surface area contributed by atoms with Gasteiger partial charge in [0.1, 0.15) is 0 Å². The van der Waals surface area contributed by atoms with Crippen LogP contribution in [0.3, 0.4) is 0 Å². The Hall–Kier alpha value is -0.640. The molecule has 13 heavy (non-hydrogen) atoms. The van der Waals surface area contributed by atoms with Gasteiger partial charge in [0.05, 0.1) is 6.10 Å². The molecule has 0 bridgehead atoms. The Morgan fingerprint density at radius 3 is 2.54 bits per heavy atom. The Morgan fingerprint density at radius 2 is 2.15 bits per heavy atom. The molecule has 0 saturated carbocycles. The zero-order valence-electron chi connectivity index (χ0n) is 7.86. The molecule has 74 valence electrons. The van der Waals surface area contributed by atoms with E-state index in [9.17, 15) is 10.2 Å². The standard InChI is InChI=1S/C10H16O3/c1-4-7-8-9(5-2,13-8)10(11,12)6-3/h5-6,8,11-12H,2-4,7H2,1H3. The van der Waals surface area contributed by atoms with Gasteiger partial charge in [-0.1, -0.05) is 32.6 Å². The first-order chi connectivity index (χ1) is 6.04. The summed E-state index contributed by atoms with van der Waals surface area (Å²) in [6, 6.07) is 0. The first-order valence-corrected chi connectivity index (χ1v) is 4.43. The largest absolute Gasteiger partial charge is 0.360 e. The molecule has 3 heteroatoms. The summed E-state index contributed by atoms with van der Waals surface area (Å²) in [5.74, 6) is -2.01. The number of ether oxygens (including phenoxy) is 1. The third-order valence-corrected chi connectivity index (χ3v) is 2.47. The Labute approximate surface area is 78.3 Å². The Morgan fingerprint density at radius 1 is 1.54 bits per heavy atom. The summed E-state index contributed by atoms with van der Waals surface area (Å²) in [5.41, 5.74) is -1.04. The first-order valence-electron chi connectivity index (χ1n) is 4.43. The highest BCUT2D eigenvalue weighted by Gasteiger charge is 2.65. The number of hydrogen-bond acceptors (Lipinski definition) is 3. The van der Waals surface area contributed by atoms with Crippen molar-refractivity contribution in [2.45, 2.75) is 37.3 Å². The second-order valence-corrected chi connectivity index (χ2v) is 3.32. The van der Waals surface area contributed by atoms with E-state index in [4.69, 9.17) is 4.74 Å². The van der Waals surface area contributed by atoms with Crippen LogP contribution in [-0.2, 0) is 4.74 Å². The van der Waals surface area contributed by atoms with Gasteiger partial charge in [-0.3, -0.25) is 0 Å². The van der Waals surface area contributed by atoms with Crippen LogP contribution in [0.4, 0.5) is 0 Å². The van der Waals surface area contributed by atoms with E-state index in [2.05, 4.69) is 13.2 Å². The van der Waals surface area contributed by atoms with Crippen LogP contribution in [-0.4, -0.2) is 27.7 Å². The topological polar surface area (TPSA) is 53.0 Å². The minimum atomic E-state index is -2.01. The van der Waals surface area contributed by atoms with Gasteiger partial charge >= 0.3 is 0 Å². The first kappa shape index (κ1) is 10.4. The van der Waals surface area contributed by atoms with Crippen molar-refractivity contribution >= 4 is 0 Å². The maximum absolute atomic E-state index is 9.55. The average molecular weight is 184 g/mol. The van der Waals surface area contributed by atoms with E-state index in [1.807, 2.05) is 6.92 Å². The van der Waals surface area contributed by atoms with Crippen LogP contribution in [0.1, 0.15) is 19.8 Å². The summed E-state index contributed by atoms with van der Waals surface area (Å²) in [5, 5.41) is 19.1. The van der Waals surface area contributed by atoms with Crippen molar-refractivity contribution in [3.63, 3.8) is 0 Å². The molecule has 1 fully saturated rings. The molecule has 2 unspecified atom stereocenters. The summed E-state index contributed by atoms with van der Waals surface area (Å²) in [7, 11) is 0. The third-order valence-electron chi connectivity index (χ3n) is 2.47. The van der Waals surface area contributed by atoms with E-state index in [1.54, 1.807) is 0 Å². The molecule has 1 heterocycles. The van der Waals surface area contributed by atoms with Crippen LogP contribution < -0.4 is 0 Å². The number of aliphatic hydroxyl groups is 2. The van der Waals surface area contributed by atoms with Gasteiger partial charge in [-0.05, 0) is 12.5 Å². The van der Waals surface area contributed by atoms with E-state index in [1.165, 1.54) is 6.08 Å². The molecule has 0 aromatic carbocycles. The molecule has 0 spiro atoms. The lowest BCUT2D eigenvalue weighted by atomic mass is 9.92. The highest BCUT2D eigenvalue weighted by Crippen LogP contribution is 2.48. The Kier molecular flexibility index (Phi) is 2.61. The predicted molar refractivity (Wildman–Crippen MR) is 50.1 cm³/mol.